The van der Waals surface area contributed by atoms with Gasteiger partial charge >= 0.3 is 5.97 Å². The lowest BCUT2D eigenvalue weighted by Crippen LogP contribution is -2.55. The predicted molar refractivity (Wildman–Crippen MR) is 119 cm³/mol. The molecule has 4 rings (SSSR count). The molecule has 0 bridgehead atoms. The highest BCUT2D eigenvalue weighted by Crippen LogP contribution is 2.59. The highest BCUT2D eigenvalue weighted by molar-refractivity contribution is 5.70. The molecule has 2 aliphatic heterocycles. The van der Waals surface area contributed by atoms with Gasteiger partial charge in [0, 0.05) is 19.2 Å². The first-order chi connectivity index (χ1) is 14.8. The summed E-state index contributed by atoms with van der Waals surface area (Å²) in [7, 11) is 1.70. The first-order valence-corrected chi connectivity index (χ1v) is 11.3. The van der Waals surface area contributed by atoms with E-state index in [1.165, 1.54) is 5.57 Å². The smallest absolute Gasteiger partial charge is 0.306 e. The maximum absolute atomic E-state index is 12.6. The second-order valence-corrected chi connectivity index (χ2v) is 9.65. The van der Waals surface area contributed by atoms with Gasteiger partial charge in [-0.3, -0.25) is 4.79 Å². The molecule has 1 aromatic carbocycles. The number of aryl methyl sites for hydroxylation is 1. The number of carbonyl (C=O) groups is 1. The Labute approximate surface area is 185 Å². The molecule has 3 aliphatic rings. The van der Waals surface area contributed by atoms with Crippen LogP contribution in [0, 0.1) is 5.92 Å². The Bertz CT molecular complexity index is 827. The highest BCUT2D eigenvalue weighted by atomic mass is 16.6. The number of benzene rings is 1. The minimum atomic E-state index is -0.321. The summed E-state index contributed by atoms with van der Waals surface area (Å²) in [6.45, 7) is 7.08. The summed E-state index contributed by atoms with van der Waals surface area (Å²) < 4.78 is 24.1. The number of methoxy groups -OCH3 is 1. The summed E-state index contributed by atoms with van der Waals surface area (Å²) in [5, 5.41) is 0. The molecular weight excluding hydrogens is 394 g/mol. The van der Waals surface area contributed by atoms with Crippen molar-refractivity contribution in [2.75, 3.05) is 19.5 Å². The summed E-state index contributed by atoms with van der Waals surface area (Å²) in [5.41, 5.74) is 8.28. The summed E-state index contributed by atoms with van der Waals surface area (Å²) in [6, 6.07) is 7.60. The van der Waals surface area contributed by atoms with E-state index < -0.39 is 0 Å². The molecule has 0 amide bonds. The summed E-state index contributed by atoms with van der Waals surface area (Å²) >= 11 is 0. The molecule has 6 atom stereocenters. The largest absolute Gasteiger partial charge is 0.460 e. The van der Waals surface area contributed by atoms with Crippen molar-refractivity contribution in [3.05, 3.63) is 41.5 Å². The van der Waals surface area contributed by atoms with Gasteiger partial charge in [0.1, 0.15) is 23.4 Å². The van der Waals surface area contributed by atoms with Gasteiger partial charge in [-0.15, -0.1) is 0 Å². The van der Waals surface area contributed by atoms with Crippen molar-refractivity contribution in [1.82, 2.24) is 0 Å². The number of esters is 1. The van der Waals surface area contributed by atoms with E-state index in [9.17, 15) is 4.79 Å². The minimum Gasteiger partial charge on any atom is -0.460 e. The van der Waals surface area contributed by atoms with Crippen LogP contribution in [-0.2, 0) is 30.2 Å². The van der Waals surface area contributed by atoms with E-state index in [1.54, 1.807) is 7.11 Å². The van der Waals surface area contributed by atoms with Crippen molar-refractivity contribution in [2.45, 2.75) is 82.4 Å². The van der Waals surface area contributed by atoms with Crippen molar-refractivity contribution in [3.8, 4) is 0 Å². The number of anilines is 1. The maximum atomic E-state index is 12.6. The third kappa shape index (κ3) is 4.66. The Hall–Kier alpha value is -1.89. The van der Waals surface area contributed by atoms with E-state index in [0.29, 0.717) is 12.8 Å². The molecule has 1 unspecified atom stereocenters. The molecule has 2 N–H and O–H groups in total. The average Bonchev–Trinajstić information content (AvgIpc) is 3.65. The Morgan fingerprint density at radius 3 is 2.61 bits per heavy atom. The van der Waals surface area contributed by atoms with Crippen molar-refractivity contribution in [3.63, 3.8) is 0 Å². The molecule has 2 saturated heterocycles. The topological polar surface area (TPSA) is 86.6 Å². The Kier molecular flexibility index (Phi) is 6.16. The van der Waals surface area contributed by atoms with Crippen LogP contribution in [0.25, 0.3) is 0 Å². The molecule has 6 nitrogen and oxygen atoms in total. The zero-order chi connectivity index (χ0) is 22.2. The molecule has 1 aromatic rings. The van der Waals surface area contributed by atoms with Gasteiger partial charge in [-0.1, -0.05) is 23.8 Å². The number of ether oxygens (including phenoxy) is 4. The number of nitrogen functional groups attached to an aromatic ring is 1. The van der Waals surface area contributed by atoms with E-state index in [0.717, 1.165) is 37.1 Å². The third-order valence-electron chi connectivity index (χ3n) is 7.12. The first kappa shape index (κ1) is 22.3. The number of hydrogen-bond acceptors (Lipinski definition) is 6. The molecule has 170 valence electrons. The zero-order valence-corrected chi connectivity index (χ0v) is 19.1. The van der Waals surface area contributed by atoms with Gasteiger partial charge in [-0.05, 0) is 64.2 Å². The maximum Gasteiger partial charge on any atom is 0.306 e. The van der Waals surface area contributed by atoms with Crippen LogP contribution in [0.15, 0.2) is 35.9 Å². The van der Waals surface area contributed by atoms with E-state index in [4.69, 9.17) is 24.7 Å². The molecule has 6 heteroatoms. The molecule has 31 heavy (non-hydrogen) atoms. The number of carbonyl (C=O) groups excluding carboxylic acids is 1. The predicted octanol–water partition coefficient (Wildman–Crippen LogP) is 3.82. The molecule has 0 radical (unpaired) electrons. The van der Waals surface area contributed by atoms with Crippen LogP contribution < -0.4 is 5.73 Å². The van der Waals surface area contributed by atoms with Gasteiger partial charge in [0.25, 0.3) is 0 Å². The molecular formula is C25H35NO5. The quantitative estimate of drug-likeness (QED) is 0.293. The fourth-order valence-corrected chi connectivity index (χ4v) is 5.23. The fourth-order valence-electron chi connectivity index (χ4n) is 5.23. The van der Waals surface area contributed by atoms with Crippen LogP contribution in [0.3, 0.4) is 0 Å². The Balaban J connectivity index is 1.40. The van der Waals surface area contributed by atoms with Gasteiger partial charge in [-0.2, -0.15) is 0 Å². The molecule has 1 saturated carbocycles. The van der Waals surface area contributed by atoms with E-state index in [-0.39, 0.29) is 41.4 Å². The second kappa shape index (κ2) is 8.57. The lowest BCUT2D eigenvalue weighted by Gasteiger charge is -2.42. The summed E-state index contributed by atoms with van der Waals surface area (Å²) in [6.07, 6.45) is 5.30. The van der Waals surface area contributed by atoms with Crippen LogP contribution >= 0.6 is 0 Å². The van der Waals surface area contributed by atoms with Gasteiger partial charge in [0.05, 0.1) is 18.6 Å². The Morgan fingerprint density at radius 1 is 1.29 bits per heavy atom. The van der Waals surface area contributed by atoms with E-state index in [1.807, 2.05) is 24.3 Å². The molecule has 1 aliphatic carbocycles. The van der Waals surface area contributed by atoms with Gasteiger partial charge < -0.3 is 24.7 Å². The van der Waals surface area contributed by atoms with Crippen molar-refractivity contribution >= 4 is 11.7 Å². The molecule has 1 spiro atoms. The molecule has 3 fully saturated rings. The third-order valence-corrected chi connectivity index (χ3v) is 7.12. The molecule has 0 aromatic heterocycles. The highest BCUT2D eigenvalue weighted by Gasteiger charge is 2.72. The van der Waals surface area contributed by atoms with Crippen LogP contribution in [0.2, 0.25) is 0 Å². The lowest BCUT2D eigenvalue weighted by atomic mass is 9.68. The monoisotopic (exact) mass is 429 g/mol. The molecule has 2 heterocycles. The second-order valence-electron chi connectivity index (χ2n) is 9.65. The fraction of sp³-hybridized carbons (Fsp3) is 0.640. The number of rotatable bonds is 8. The standard InChI is InChI=1S/C25H35NO5/c1-16(2)5-11-20-24(3,31-20)23-22(28-4)19(13-14-25(23)15-29-25)30-21(27)12-8-17-6-9-18(26)10-7-17/h5-7,9-10,19-20,22-23H,8,11-15,26H2,1-4H3/t19-,20?,22-,23-,24-,25+/m1/s1. The number of nitrogens with two attached hydrogens (primary N) is 1. The van der Waals surface area contributed by atoms with Crippen molar-refractivity contribution in [2.24, 2.45) is 5.92 Å². The van der Waals surface area contributed by atoms with Gasteiger partial charge in [0.15, 0.2) is 0 Å². The normalized spacial score (nSPS) is 36.1. The first-order valence-electron chi connectivity index (χ1n) is 11.3. The van der Waals surface area contributed by atoms with E-state index in [2.05, 4.69) is 26.8 Å². The number of epoxide rings is 2. The van der Waals surface area contributed by atoms with E-state index >= 15 is 0 Å². The van der Waals surface area contributed by atoms with Gasteiger partial charge in [0.2, 0.25) is 0 Å². The van der Waals surface area contributed by atoms with Crippen LogP contribution in [0.5, 0.6) is 0 Å². The van der Waals surface area contributed by atoms with Crippen molar-refractivity contribution in [1.29, 1.82) is 0 Å². The summed E-state index contributed by atoms with van der Waals surface area (Å²) in [4.78, 5) is 12.6. The van der Waals surface area contributed by atoms with Gasteiger partial charge in [-0.25, -0.2) is 0 Å². The number of hydrogen-bond donors (Lipinski definition) is 1. The minimum absolute atomic E-state index is 0.0456. The van der Waals surface area contributed by atoms with Crippen LogP contribution in [0.1, 0.15) is 52.0 Å². The summed E-state index contributed by atoms with van der Waals surface area (Å²) in [5.74, 6) is -0.150. The van der Waals surface area contributed by atoms with Crippen LogP contribution in [0.4, 0.5) is 5.69 Å². The average molecular weight is 430 g/mol. The number of allylic oxidation sites excluding steroid dienone is 1. The van der Waals surface area contributed by atoms with Crippen molar-refractivity contribution < 1.29 is 23.7 Å². The lowest BCUT2D eigenvalue weighted by molar-refractivity contribution is -0.171. The zero-order valence-electron chi connectivity index (χ0n) is 19.1. The van der Waals surface area contributed by atoms with Crippen LogP contribution in [-0.4, -0.2) is 49.2 Å². The Morgan fingerprint density at radius 2 is 2.00 bits per heavy atom. The SMILES string of the molecule is CO[C@@H]1[C@H](OC(=O)CCc2ccc(N)cc2)CC[C@]2(CO2)[C@H]1[C@]1(C)OC1CC=C(C)C.